The highest BCUT2D eigenvalue weighted by molar-refractivity contribution is 6.02. The lowest BCUT2D eigenvalue weighted by Crippen LogP contribution is -2.12. The number of rotatable bonds is 4. The summed E-state index contributed by atoms with van der Waals surface area (Å²) >= 11 is 0. The molecule has 0 fully saturated rings. The number of hydrogen-bond donors (Lipinski definition) is 1. The van der Waals surface area contributed by atoms with Gasteiger partial charge in [0.25, 0.3) is 5.91 Å². The third-order valence-corrected chi connectivity index (χ3v) is 3.59. The average molecular weight is 313 g/mol. The lowest BCUT2D eigenvalue weighted by molar-refractivity contribution is 0.0996. The maximum absolute atomic E-state index is 13.3. The average Bonchev–Trinajstić information content (AvgIpc) is 3.12. The van der Waals surface area contributed by atoms with Crippen LogP contribution in [-0.2, 0) is 6.54 Å². The summed E-state index contributed by atoms with van der Waals surface area (Å²) in [4.78, 5) is 12.1. The fourth-order valence-corrected chi connectivity index (χ4v) is 2.42. The number of nitrogens with one attached hydrogen (secondary N) is 1. The first-order valence-corrected chi connectivity index (χ1v) is 7.18. The first-order chi connectivity index (χ1) is 11.0. The molecule has 6 heteroatoms. The number of carbonyl (C=O) groups is 1. The van der Waals surface area contributed by atoms with Gasteiger partial charge in [0, 0.05) is 0 Å². The van der Waals surface area contributed by atoms with Gasteiger partial charge >= 0.3 is 0 Å². The number of hydrogen-bond acceptors (Lipinski definition) is 3. The predicted octanol–water partition coefficient (Wildman–Crippen LogP) is 3.53. The third-order valence-electron chi connectivity index (χ3n) is 3.59. The second kappa shape index (κ2) is 6.08. The molecule has 0 aliphatic carbocycles. The number of aryl methyl sites for hydroxylation is 1. The summed E-state index contributed by atoms with van der Waals surface area (Å²) in [6, 6.07) is 9.62. The lowest BCUT2D eigenvalue weighted by atomic mass is 10.2. The van der Waals surface area contributed by atoms with E-state index in [0.717, 1.165) is 11.3 Å². The molecule has 1 N–H and O–H groups in total. The Labute approximate surface area is 132 Å². The monoisotopic (exact) mass is 313 g/mol. The maximum atomic E-state index is 13.3. The number of aromatic nitrogens is 2. The van der Waals surface area contributed by atoms with Crippen molar-refractivity contribution in [1.29, 1.82) is 0 Å². The molecule has 2 heterocycles. The van der Waals surface area contributed by atoms with E-state index < -0.39 is 0 Å². The third kappa shape index (κ3) is 3.15. The molecule has 0 aliphatic rings. The molecule has 3 rings (SSSR count). The van der Waals surface area contributed by atoms with Crippen LogP contribution >= 0.6 is 0 Å². The van der Waals surface area contributed by atoms with Gasteiger partial charge < -0.3 is 9.73 Å². The summed E-state index contributed by atoms with van der Waals surface area (Å²) in [5, 5.41) is 7.23. The van der Waals surface area contributed by atoms with E-state index >= 15 is 0 Å². The quantitative estimate of drug-likeness (QED) is 0.801. The van der Waals surface area contributed by atoms with Gasteiger partial charge in [-0.15, -0.1) is 0 Å². The summed E-state index contributed by atoms with van der Waals surface area (Å²) in [6.45, 7) is 4.10. The lowest BCUT2D eigenvalue weighted by Gasteiger charge is -2.06. The summed E-state index contributed by atoms with van der Waals surface area (Å²) in [5.74, 6) is -0.372. The van der Waals surface area contributed by atoms with E-state index in [9.17, 15) is 9.18 Å². The van der Waals surface area contributed by atoms with Crippen molar-refractivity contribution < 1.29 is 13.6 Å². The zero-order valence-corrected chi connectivity index (χ0v) is 12.8. The highest BCUT2D eigenvalue weighted by Gasteiger charge is 2.16. The molecule has 2 aromatic heterocycles. The standard InChI is InChI=1S/C17H16FN3O2/c1-11-16(19-17(22)15-7-4-8-23-15)12(2)21(20-11)10-13-5-3-6-14(18)9-13/h3-9H,10H2,1-2H3,(H,19,22). The van der Waals surface area contributed by atoms with Crippen LogP contribution in [0, 0.1) is 19.7 Å². The van der Waals surface area contributed by atoms with E-state index in [4.69, 9.17) is 4.42 Å². The fraction of sp³-hybridized carbons (Fsp3) is 0.176. The van der Waals surface area contributed by atoms with Crippen molar-refractivity contribution in [3.63, 3.8) is 0 Å². The first kappa shape index (κ1) is 15.0. The molecule has 0 aliphatic heterocycles. The van der Waals surface area contributed by atoms with E-state index in [1.807, 2.05) is 19.9 Å². The van der Waals surface area contributed by atoms with Crippen LogP contribution < -0.4 is 5.32 Å². The molecular formula is C17H16FN3O2. The van der Waals surface area contributed by atoms with Gasteiger partial charge in [0.2, 0.25) is 0 Å². The topological polar surface area (TPSA) is 60.1 Å². The van der Waals surface area contributed by atoms with E-state index in [-0.39, 0.29) is 17.5 Å². The number of halogens is 1. The van der Waals surface area contributed by atoms with Crippen LogP contribution in [0.2, 0.25) is 0 Å². The van der Waals surface area contributed by atoms with E-state index in [1.165, 1.54) is 18.4 Å². The van der Waals surface area contributed by atoms with Gasteiger partial charge in [-0.3, -0.25) is 9.48 Å². The Morgan fingerprint density at radius 3 is 2.83 bits per heavy atom. The van der Waals surface area contributed by atoms with Crippen LogP contribution in [0.4, 0.5) is 10.1 Å². The van der Waals surface area contributed by atoms with Gasteiger partial charge in [-0.1, -0.05) is 12.1 Å². The normalized spacial score (nSPS) is 10.7. The largest absolute Gasteiger partial charge is 0.459 e. The molecule has 0 atom stereocenters. The zero-order valence-electron chi connectivity index (χ0n) is 12.8. The molecule has 1 aromatic carbocycles. The smallest absolute Gasteiger partial charge is 0.291 e. The van der Waals surface area contributed by atoms with Crippen LogP contribution in [-0.4, -0.2) is 15.7 Å². The number of anilines is 1. The molecule has 0 saturated carbocycles. The minimum Gasteiger partial charge on any atom is -0.459 e. The SMILES string of the molecule is Cc1nn(Cc2cccc(F)c2)c(C)c1NC(=O)c1ccco1. The molecule has 0 unspecified atom stereocenters. The van der Waals surface area contributed by atoms with Crippen molar-refractivity contribution in [2.75, 3.05) is 5.32 Å². The minimum absolute atomic E-state index is 0.238. The molecule has 0 saturated heterocycles. The maximum Gasteiger partial charge on any atom is 0.291 e. The number of benzene rings is 1. The summed E-state index contributed by atoms with van der Waals surface area (Å²) in [7, 11) is 0. The molecule has 0 bridgehead atoms. The molecule has 1 amide bonds. The number of carbonyl (C=O) groups excluding carboxylic acids is 1. The van der Waals surface area contributed by atoms with Crippen LogP contribution in [0.5, 0.6) is 0 Å². The summed E-state index contributed by atoms with van der Waals surface area (Å²) < 4.78 is 20.1. The second-order valence-corrected chi connectivity index (χ2v) is 5.26. The molecule has 23 heavy (non-hydrogen) atoms. The predicted molar refractivity (Wildman–Crippen MR) is 83.9 cm³/mol. The van der Waals surface area contributed by atoms with Crippen LogP contribution in [0.1, 0.15) is 27.5 Å². The van der Waals surface area contributed by atoms with E-state index in [1.54, 1.807) is 22.9 Å². The highest BCUT2D eigenvalue weighted by atomic mass is 19.1. The Morgan fingerprint density at radius 1 is 1.30 bits per heavy atom. The summed E-state index contributed by atoms with van der Waals surface area (Å²) in [6.07, 6.45) is 1.45. The molecule has 0 spiro atoms. The van der Waals surface area contributed by atoms with Crippen molar-refractivity contribution in [2.45, 2.75) is 20.4 Å². The van der Waals surface area contributed by atoms with Gasteiger partial charge in [0.15, 0.2) is 5.76 Å². The van der Waals surface area contributed by atoms with Crippen LogP contribution in [0.15, 0.2) is 47.1 Å². The number of furan rings is 1. The van der Waals surface area contributed by atoms with Crippen molar-refractivity contribution in [3.05, 3.63) is 71.2 Å². The number of amides is 1. The van der Waals surface area contributed by atoms with Crippen molar-refractivity contribution >= 4 is 11.6 Å². The van der Waals surface area contributed by atoms with Crippen LogP contribution in [0.25, 0.3) is 0 Å². The Hall–Kier alpha value is -2.89. The molecular weight excluding hydrogens is 297 g/mol. The summed E-state index contributed by atoms with van der Waals surface area (Å²) in [5.41, 5.74) is 2.94. The minimum atomic E-state index is -0.327. The number of nitrogens with zero attached hydrogens (tertiary/aromatic N) is 2. The van der Waals surface area contributed by atoms with E-state index in [0.29, 0.717) is 17.9 Å². The van der Waals surface area contributed by atoms with Gasteiger partial charge in [-0.25, -0.2) is 4.39 Å². The van der Waals surface area contributed by atoms with Gasteiger partial charge in [-0.2, -0.15) is 5.10 Å². The first-order valence-electron chi connectivity index (χ1n) is 7.18. The molecule has 0 radical (unpaired) electrons. The van der Waals surface area contributed by atoms with E-state index in [2.05, 4.69) is 10.4 Å². The Morgan fingerprint density at radius 2 is 2.13 bits per heavy atom. The second-order valence-electron chi connectivity index (χ2n) is 5.26. The zero-order chi connectivity index (χ0) is 16.4. The van der Waals surface area contributed by atoms with Gasteiger partial charge in [0.1, 0.15) is 5.82 Å². The molecule has 118 valence electrons. The van der Waals surface area contributed by atoms with Crippen molar-refractivity contribution in [1.82, 2.24) is 9.78 Å². The molecule has 3 aromatic rings. The Balaban J connectivity index is 1.83. The van der Waals surface area contributed by atoms with Crippen LogP contribution in [0.3, 0.4) is 0 Å². The van der Waals surface area contributed by atoms with Crippen molar-refractivity contribution in [3.8, 4) is 0 Å². The van der Waals surface area contributed by atoms with Crippen molar-refractivity contribution in [2.24, 2.45) is 0 Å². The van der Waals surface area contributed by atoms with Gasteiger partial charge in [0.05, 0.1) is 29.9 Å². The highest BCUT2D eigenvalue weighted by Crippen LogP contribution is 2.21. The van der Waals surface area contributed by atoms with Gasteiger partial charge in [-0.05, 0) is 43.7 Å². The molecule has 5 nitrogen and oxygen atoms in total. The fourth-order valence-electron chi connectivity index (χ4n) is 2.42. The Kier molecular flexibility index (Phi) is 3.97. The Bertz CT molecular complexity index is 838.